The number of aliphatic imine (C=N–C) groups is 1. The van der Waals surface area contributed by atoms with Crippen LogP contribution in [0.5, 0.6) is 0 Å². The van der Waals surface area contributed by atoms with Gasteiger partial charge >= 0.3 is 0 Å². The smallest absolute Gasteiger partial charge is 0.256 e. The van der Waals surface area contributed by atoms with E-state index in [1.165, 1.54) is 0 Å². The number of benzene rings is 1. The third kappa shape index (κ3) is 4.55. The van der Waals surface area contributed by atoms with Gasteiger partial charge in [-0.05, 0) is 30.9 Å². The Kier molecular flexibility index (Phi) is 6.62. The first-order chi connectivity index (χ1) is 17.6. The van der Waals surface area contributed by atoms with Crippen LogP contribution in [0, 0.1) is 12.8 Å². The van der Waals surface area contributed by atoms with E-state index >= 15 is 0 Å². The fourth-order valence-corrected chi connectivity index (χ4v) is 6.49. The first-order valence-electron chi connectivity index (χ1n) is 12.7. The maximum atomic E-state index is 13.8. The van der Waals surface area contributed by atoms with Gasteiger partial charge in [-0.3, -0.25) is 14.3 Å². The van der Waals surface area contributed by atoms with Crippen LogP contribution < -0.4 is 0 Å². The lowest BCUT2D eigenvalue weighted by Gasteiger charge is -2.31. The number of aliphatic hydroxyl groups is 1. The van der Waals surface area contributed by atoms with Crippen molar-refractivity contribution in [1.82, 2.24) is 19.7 Å². The monoisotopic (exact) mass is 519 g/mol. The summed E-state index contributed by atoms with van der Waals surface area (Å²) < 4.78 is 1.70. The van der Waals surface area contributed by atoms with Gasteiger partial charge in [0, 0.05) is 43.9 Å². The molecule has 8 nitrogen and oxygen atoms in total. The van der Waals surface area contributed by atoms with Gasteiger partial charge in [0.1, 0.15) is 0 Å². The number of thiazole rings is 1. The molecule has 37 heavy (non-hydrogen) atoms. The molecule has 3 aromatic rings. The van der Waals surface area contributed by atoms with E-state index in [-0.39, 0.29) is 30.2 Å². The van der Waals surface area contributed by atoms with Crippen LogP contribution in [0.4, 0.5) is 0 Å². The summed E-state index contributed by atoms with van der Waals surface area (Å²) in [6.45, 7) is 8.18. The van der Waals surface area contributed by atoms with Crippen molar-refractivity contribution in [2.45, 2.75) is 64.0 Å². The Balaban J connectivity index is 1.39. The quantitative estimate of drug-likeness (QED) is 0.533. The van der Waals surface area contributed by atoms with E-state index in [2.05, 4.69) is 15.1 Å². The second kappa shape index (κ2) is 9.61. The van der Waals surface area contributed by atoms with Gasteiger partial charge in [-0.15, -0.1) is 11.3 Å². The highest BCUT2D eigenvalue weighted by atomic mass is 32.1. The number of nitrogens with zero attached hydrogens (tertiary/aromatic N) is 5. The summed E-state index contributed by atoms with van der Waals surface area (Å²) in [7, 11) is 1.83. The van der Waals surface area contributed by atoms with Gasteiger partial charge < -0.3 is 10.0 Å². The topological polar surface area (TPSA) is 101 Å². The summed E-state index contributed by atoms with van der Waals surface area (Å²) >= 11 is 1.60. The van der Waals surface area contributed by atoms with Gasteiger partial charge in [-0.2, -0.15) is 5.10 Å². The molecule has 4 atom stereocenters. The van der Waals surface area contributed by atoms with Crippen molar-refractivity contribution in [3.05, 3.63) is 59.0 Å². The zero-order valence-electron chi connectivity index (χ0n) is 21.9. The fraction of sp³-hybridized carbons (Fsp3) is 0.464. The van der Waals surface area contributed by atoms with Crippen LogP contribution in [0.1, 0.15) is 56.4 Å². The Hall–Kier alpha value is -3.17. The molecule has 4 heterocycles. The molecule has 2 aromatic heterocycles. The molecular formula is C28H33N5O3S. The number of carbonyl (C=O) groups excluding carboxylic acids is 2. The number of aliphatic hydroxyl groups excluding tert-OH is 1. The maximum absolute atomic E-state index is 13.8. The summed E-state index contributed by atoms with van der Waals surface area (Å²) in [5.41, 5.74) is 5.52. The Morgan fingerprint density at radius 3 is 2.57 bits per heavy atom. The number of hydrogen-bond acceptors (Lipinski definition) is 6. The number of aromatic nitrogens is 3. The number of aryl methyl sites for hydroxylation is 2. The number of carbonyl (C=O) groups is 2. The largest absolute Gasteiger partial charge is 0.391 e. The molecule has 1 N–H and O–H groups in total. The Morgan fingerprint density at radius 2 is 1.97 bits per heavy atom. The molecule has 194 valence electrons. The minimum absolute atomic E-state index is 0.0493. The van der Waals surface area contributed by atoms with Crippen LogP contribution in [-0.2, 0) is 22.1 Å². The summed E-state index contributed by atoms with van der Waals surface area (Å²) in [6, 6.07) is 7.65. The minimum Gasteiger partial charge on any atom is -0.391 e. The third-order valence-corrected chi connectivity index (χ3v) is 8.72. The van der Waals surface area contributed by atoms with Crippen LogP contribution >= 0.6 is 11.3 Å². The van der Waals surface area contributed by atoms with Crippen molar-refractivity contribution < 1.29 is 14.7 Å². The molecule has 5 rings (SSSR count). The van der Waals surface area contributed by atoms with E-state index < -0.39 is 17.6 Å². The molecule has 0 bridgehead atoms. The molecule has 0 radical (unpaired) electrons. The number of rotatable bonds is 6. The van der Waals surface area contributed by atoms with Crippen LogP contribution in [0.15, 0.2) is 47.2 Å². The second-order valence-electron chi connectivity index (χ2n) is 10.8. The first-order valence-corrected chi connectivity index (χ1v) is 13.6. The van der Waals surface area contributed by atoms with E-state index in [9.17, 15) is 14.7 Å². The molecule has 0 spiro atoms. The summed E-state index contributed by atoms with van der Waals surface area (Å²) in [4.78, 5) is 38.8. The molecule has 9 heteroatoms. The van der Waals surface area contributed by atoms with Gasteiger partial charge in [-0.1, -0.05) is 38.1 Å². The summed E-state index contributed by atoms with van der Waals surface area (Å²) in [5.74, 6) is -0.593. The van der Waals surface area contributed by atoms with Crippen molar-refractivity contribution in [3.63, 3.8) is 0 Å². The minimum atomic E-state index is -0.806. The lowest BCUT2D eigenvalue weighted by molar-refractivity contribution is -0.134. The molecule has 1 fully saturated rings. The zero-order valence-corrected chi connectivity index (χ0v) is 22.7. The zero-order chi connectivity index (χ0) is 26.5. The Morgan fingerprint density at radius 1 is 1.24 bits per heavy atom. The van der Waals surface area contributed by atoms with Crippen LogP contribution in [0.3, 0.4) is 0 Å². The van der Waals surface area contributed by atoms with Crippen LogP contribution in [0.25, 0.3) is 10.4 Å². The highest BCUT2D eigenvalue weighted by Gasteiger charge is 2.48. The van der Waals surface area contributed by atoms with Gasteiger partial charge in [0.05, 0.1) is 45.8 Å². The second-order valence-corrected chi connectivity index (χ2v) is 11.7. The number of β-amino-alcohol motifs (C(OH)–C–C–N with tert-alkyl or cyclic N) is 1. The highest BCUT2D eigenvalue weighted by molar-refractivity contribution is 7.13. The molecule has 1 saturated heterocycles. The average molecular weight is 520 g/mol. The van der Waals surface area contributed by atoms with E-state index in [0.29, 0.717) is 18.6 Å². The first kappa shape index (κ1) is 25.5. The normalized spacial score (nSPS) is 24.7. The molecular weight excluding hydrogens is 486 g/mol. The van der Waals surface area contributed by atoms with E-state index in [4.69, 9.17) is 0 Å². The number of amides is 2. The lowest BCUT2D eigenvalue weighted by atomic mass is 9.78. The van der Waals surface area contributed by atoms with Crippen molar-refractivity contribution in [3.8, 4) is 10.4 Å². The fourth-order valence-electron chi connectivity index (χ4n) is 5.68. The molecule has 0 saturated carbocycles. The van der Waals surface area contributed by atoms with Crippen molar-refractivity contribution in [1.29, 1.82) is 0 Å². The molecule has 1 aromatic carbocycles. The third-order valence-electron chi connectivity index (χ3n) is 7.75. The van der Waals surface area contributed by atoms with Crippen molar-refractivity contribution >= 4 is 28.9 Å². The maximum Gasteiger partial charge on any atom is 0.256 e. The molecule has 2 aliphatic heterocycles. The molecule has 2 aliphatic rings. The predicted octanol–water partition coefficient (Wildman–Crippen LogP) is 3.88. The predicted molar refractivity (Wildman–Crippen MR) is 144 cm³/mol. The molecule has 0 aliphatic carbocycles. The van der Waals surface area contributed by atoms with Crippen LogP contribution in [-0.4, -0.2) is 61.0 Å². The van der Waals surface area contributed by atoms with Gasteiger partial charge in [0.2, 0.25) is 5.91 Å². The van der Waals surface area contributed by atoms with Crippen LogP contribution in [0.2, 0.25) is 0 Å². The van der Waals surface area contributed by atoms with E-state index in [1.807, 2.05) is 70.7 Å². The van der Waals surface area contributed by atoms with Crippen molar-refractivity contribution in [2.24, 2.45) is 18.0 Å². The van der Waals surface area contributed by atoms with Gasteiger partial charge in [0.15, 0.2) is 0 Å². The van der Waals surface area contributed by atoms with Gasteiger partial charge in [0.25, 0.3) is 5.91 Å². The average Bonchev–Trinajstić information content (AvgIpc) is 3.62. The molecule has 2 amide bonds. The van der Waals surface area contributed by atoms with E-state index in [1.54, 1.807) is 27.1 Å². The Bertz CT molecular complexity index is 1360. The number of likely N-dealkylation sites (tertiary alicyclic amines) is 1. The highest BCUT2D eigenvalue weighted by Crippen LogP contribution is 2.39. The molecule has 0 unspecified atom stereocenters. The summed E-state index contributed by atoms with van der Waals surface area (Å²) in [5, 5.41) is 14.8. The lowest BCUT2D eigenvalue weighted by Crippen LogP contribution is -2.44. The van der Waals surface area contributed by atoms with Crippen molar-refractivity contribution in [2.75, 3.05) is 6.54 Å². The van der Waals surface area contributed by atoms with E-state index in [0.717, 1.165) is 27.3 Å². The Labute approximate surface area is 221 Å². The standard InChI is InChI=1S/C28H33N5O3S/c1-16(2)24(19-12-30-32(5)13-19)26(35)33-14-21(34)10-23(33)22-11-28(4,27(36)31-22)20-8-6-18(7-9-20)25-17(3)29-15-37-25/h6-9,12-13,15-16,21,23-24,34H,10-11,14H2,1-5H3/t21-,23-,24+,28+/m1/s1. The van der Waals surface area contributed by atoms with Gasteiger partial charge in [-0.25, -0.2) is 9.98 Å². The number of hydrogen-bond donors (Lipinski definition) is 1. The SMILES string of the molecule is Cc1ncsc1-c1ccc([C@]2(C)CC([C@H]3C[C@@H](O)CN3C(=O)[C@H](c3cnn(C)c3)C(C)C)=NC2=O)cc1. The summed E-state index contributed by atoms with van der Waals surface area (Å²) in [6.07, 6.45) is 3.76.